The van der Waals surface area contributed by atoms with Crippen LogP contribution in [-0.4, -0.2) is 53.5 Å². The monoisotopic (exact) mass is 262 g/mol. The number of aliphatic hydroxyl groups excluding tert-OH is 1. The maximum absolute atomic E-state index is 11.6. The molecule has 1 aromatic rings. The maximum atomic E-state index is 11.6. The predicted molar refractivity (Wildman–Crippen MR) is 74.7 cm³/mol. The molecule has 1 fully saturated rings. The van der Waals surface area contributed by atoms with E-state index in [9.17, 15) is 9.90 Å². The van der Waals surface area contributed by atoms with Crippen LogP contribution >= 0.6 is 0 Å². The highest BCUT2D eigenvalue weighted by Gasteiger charge is 2.21. The first-order chi connectivity index (χ1) is 9.20. The second-order valence-corrected chi connectivity index (χ2v) is 4.96. The van der Waals surface area contributed by atoms with Gasteiger partial charge in [0.15, 0.2) is 0 Å². The van der Waals surface area contributed by atoms with Gasteiger partial charge in [-0.2, -0.15) is 0 Å². The zero-order valence-electron chi connectivity index (χ0n) is 11.5. The molecule has 19 heavy (non-hydrogen) atoms. The number of carbonyl (C=O) groups excluding carboxylic acids is 1. The van der Waals surface area contributed by atoms with E-state index in [4.69, 9.17) is 0 Å². The molecule has 1 amide bonds. The van der Waals surface area contributed by atoms with Crippen molar-refractivity contribution in [3.05, 3.63) is 35.9 Å². The highest BCUT2D eigenvalue weighted by atomic mass is 16.3. The molecule has 1 unspecified atom stereocenters. The SMILES string of the molecule is CCC(=O)N1CCN(CC(O)c2ccccc2)CC1. The van der Waals surface area contributed by atoms with Crippen molar-refractivity contribution in [2.75, 3.05) is 32.7 Å². The summed E-state index contributed by atoms with van der Waals surface area (Å²) >= 11 is 0. The molecule has 0 aliphatic carbocycles. The van der Waals surface area contributed by atoms with Crippen molar-refractivity contribution >= 4 is 5.91 Å². The average Bonchev–Trinajstić information content (AvgIpc) is 2.48. The van der Waals surface area contributed by atoms with Crippen molar-refractivity contribution in [1.82, 2.24) is 9.80 Å². The average molecular weight is 262 g/mol. The van der Waals surface area contributed by atoms with Gasteiger partial charge in [0.05, 0.1) is 6.10 Å². The zero-order valence-corrected chi connectivity index (χ0v) is 11.5. The summed E-state index contributed by atoms with van der Waals surface area (Å²) in [6.07, 6.45) is 0.127. The molecule has 1 aromatic carbocycles. The molecule has 104 valence electrons. The van der Waals surface area contributed by atoms with Gasteiger partial charge in [-0.05, 0) is 5.56 Å². The third-order valence-electron chi connectivity index (χ3n) is 3.64. The highest BCUT2D eigenvalue weighted by molar-refractivity contribution is 5.75. The summed E-state index contributed by atoms with van der Waals surface area (Å²) in [6.45, 7) is 5.76. The Kier molecular flexibility index (Phi) is 4.93. The fraction of sp³-hybridized carbons (Fsp3) is 0.533. The molecule has 0 aromatic heterocycles. The van der Waals surface area contributed by atoms with E-state index in [-0.39, 0.29) is 5.91 Å². The molecule has 1 atom stereocenters. The molecule has 1 aliphatic heterocycles. The van der Waals surface area contributed by atoms with E-state index in [1.54, 1.807) is 0 Å². The van der Waals surface area contributed by atoms with Crippen LogP contribution < -0.4 is 0 Å². The fourth-order valence-corrected chi connectivity index (χ4v) is 2.43. The quantitative estimate of drug-likeness (QED) is 0.889. The van der Waals surface area contributed by atoms with E-state index in [2.05, 4.69) is 4.90 Å². The molecule has 4 nitrogen and oxygen atoms in total. The van der Waals surface area contributed by atoms with Crippen LogP contribution in [-0.2, 0) is 4.79 Å². The number of hydrogen-bond acceptors (Lipinski definition) is 3. The molecule has 0 saturated carbocycles. The zero-order chi connectivity index (χ0) is 13.7. The van der Waals surface area contributed by atoms with Crippen LogP contribution in [0.5, 0.6) is 0 Å². The van der Waals surface area contributed by atoms with Crippen LogP contribution in [0.15, 0.2) is 30.3 Å². The molecule has 1 aliphatic rings. The Labute approximate surface area is 114 Å². The molecule has 1 N–H and O–H groups in total. The first-order valence-electron chi connectivity index (χ1n) is 6.94. The molecule has 4 heteroatoms. The largest absolute Gasteiger partial charge is 0.387 e. The van der Waals surface area contributed by atoms with Gasteiger partial charge < -0.3 is 10.0 Å². The molecular formula is C15H22N2O2. The van der Waals surface area contributed by atoms with Gasteiger partial charge in [-0.3, -0.25) is 9.69 Å². The normalized spacial score (nSPS) is 18.3. The van der Waals surface area contributed by atoms with E-state index >= 15 is 0 Å². The summed E-state index contributed by atoms with van der Waals surface area (Å²) in [4.78, 5) is 15.7. The summed E-state index contributed by atoms with van der Waals surface area (Å²) in [5.41, 5.74) is 0.953. The van der Waals surface area contributed by atoms with Crippen LogP contribution in [0.3, 0.4) is 0 Å². The Morgan fingerprint density at radius 3 is 2.42 bits per heavy atom. The molecule has 0 radical (unpaired) electrons. The fourth-order valence-electron chi connectivity index (χ4n) is 2.43. The lowest BCUT2D eigenvalue weighted by atomic mass is 10.1. The van der Waals surface area contributed by atoms with E-state index in [0.717, 1.165) is 31.7 Å². The molecular weight excluding hydrogens is 240 g/mol. The Bertz CT molecular complexity index is 400. The first-order valence-corrected chi connectivity index (χ1v) is 6.94. The lowest BCUT2D eigenvalue weighted by Crippen LogP contribution is -2.49. The second kappa shape index (κ2) is 6.68. The summed E-state index contributed by atoms with van der Waals surface area (Å²) in [5.74, 6) is 0.225. The van der Waals surface area contributed by atoms with Gasteiger partial charge >= 0.3 is 0 Å². The van der Waals surface area contributed by atoms with Crippen molar-refractivity contribution in [2.24, 2.45) is 0 Å². The van der Waals surface area contributed by atoms with Gasteiger partial charge in [-0.15, -0.1) is 0 Å². The molecule has 0 bridgehead atoms. The van der Waals surface area contributed by atoms with E-state index in [1.807, 2.05) is 42.2 Å². The molecule has 0 spiro atoms. The van der Waals surface area contributed by atoms with E-state index in [1.165, 1.54) is 0 Å². The van der Waals surface area contributed by atoms with Crippen LogP contribution in [0.2, 0.25) is 0 Å². The van der Waals surface area contributed by atoms with Crippen LogP contribution in [0.25, 0.3) is 0 Å². The minimum absolute atomic E-state index is 0.225. The second-order valence-electron chi connectivity index (χ2n) is 4.96. The molecule has 1 saturated heterocycles. The lowest BCUT2D eigenvalue weighted by Gasteiger charge is -2.35. The van der Waals surface area contributed by atoms with Gasteiger partial charge in [0.1, 0.15) is 0 Å². The van der Waals surface area contributed by atoms with Crippen LogP contribution in [0, 0.1) is 0 Å². The van der Waals surface area contributed by atoms with Crippen molar-refractivity contribution < 1.29 is 9.90 Å². The van der Waals surface area contributed by atoms with Crippen LogP contribution in [0.4, 0.5) is 0 Å². The Balaban J connectivity index is 1.81. The van der Waals surface area contributed by atoms with Crippen molar-refractivity contribution in [3.63, 3.8) is 0 Å². The van der Waals surface area contributed by atoms with Gasteiger partial charge in [0.2, 0.25) is 5.91 Å². The number of nitrogens with zero attached hydrogens (tertiary/aromatic N) is 2. The number of aliphatic hydroxyl groups is 1. The van der Waals surface area contributed by atoms with Gasteiger partial charge in [-0.1, -0.05) is 37.3 Å². The third kappa shape index (κ3) is 3.78. The minimum Gasteiger partial charge on any atom is -0.387 e. The standard InChI is InChI=1S/C15H22N2O2/c1-2-15(19)17-10-8-16(9-11-17)12-14(18)13-6-4-3-5-7-13/h3-7,14,18H,2,8-12H2,1H3. The number of carbonyl (C=O) groups is 1. The van der Waals surface area contributed by atoms with Crippen molar-refractivity contribution in [3.8, 4) is 0 Å². The first kappa shape index (κ1) is 14.0. The van der Waals surface area contributed by atoms with Gasteiger partial charge in [0.25, 0.3) is 0 Å². The van der Waals surface area contributed by atoms with Crippen molar-refractivity contribution in [2.45, 2.75) is 19.4 Å². The Hall–Kier alpha value is -1.39. The molecule has 2 rings (SSSR count). The topological polar surface area (TPSA) is 43.8 Å². The van der Waals surface area contributed by atoms with E-state index < -0.39 is 6.10 Å². The highest BCUT2D eigenvalue weighted by Crippen LogP contribution is 2.15. The maximum Gasteiger partial charge on any atom is 0.222 e. The predicted octanol–water partition coefficient (Wildman–Crippen LogP) is 1.27. The summed E-state index contributed by atoms with van der Waals surface area (Å²) < 4.78 is 0. The lowest BCUT2D eigenvalue weighted by molar-refractivity contribution is -0.132. The molecule has 1 heterocycles. The van der Waals surface area contributed by atoms with Gasteiger partial charge in [-0.25, -0.2) is 0 Å². The smallest absolute Gasteiger partial charge is 0.222 e. The number of amides is 1. The summed E-state index contributed by atoms with van der Waals surface area (Å²) in [5, 5.41) is 10.2. The summed E-state index contributed by atoms with van der Waals surface area (Å²) in [7, 11) is 0. The van der Waals surface area contributed by atoms with Crippen LogP contribution in [0.1, 0.15) is 25.0 Å². The summed E-state index contributed by atoms with van der Waals surface area (Å²) in [6, 6.07) is 9.72. The van der Waals surface area contributed by atoms with E-state index in [0.29, 0.717) is 13.0 Å². The van der Waals surface area contributed by atoms with Gasteiger partial charge in [0, 0.05) is 39.1 Å². The Morgan fingerprint density at radius 2 is 1.84 bits per heavy atom. The Morgan fingerprint density at radius 1 is 1.21 bits per heavy atom. The number of hydrogen-bond donors (Lipinski definition) is 1. The number of piperazine rings is 1. The number of β-amino-alcohol motifs (C(OH)–C–C–N with tert-alkyl or cyclic N) is 1. The van der Waals surface area contributed by atoms with Crippen molar-refractivity contribution in [1.29, 1.82) is 0 Å². The number of rotatable bonds is 4. The third-order valence-corrected chi connectivity index (χ3v) is 3.64. The minimum atomic E-state index is -0.449. The number of benzene rings is 1.